The third-order valence-corrected chi connectivity index (χ3v) is 3.64. The van der Waals surface area contributed by atoms with Crippen molar-refractivity contribution in [3.05, 3.63) is 22.2 Å². The SMILES string of the molecule is COc1cc(Br)c(C(N)CCC(C)C)cc1OC. The maximum Gasteiger partial charge on any atom is 0.161 e. The van der Waals surface area contributed by atoms with E-state index >= 15 is 0 Å². The summed E-state index contributed by atoms with van der Waals surface area (Å²) in [7, 11) is 3.26. The minimum absolute atomic E-state index is 0.0154. The highest BCUT2D eigenvalue weighted by molar-refractivity contribution is 9.10. The number of hydrogen-bond acceptors (Lipinski definition) is 3. The predicted octanol–water partition coefficient (Wildman–Crippen LogP) is 3.90. The summed E-state index contributed by atoms with van der Waals surface area (Å²) in [5, 5.41) is 0. The molecule has 1 rings (SSSR count). The molecule has 1 aromatic carbocycles. The topological polar surface area (TPSA) is 44.5 Å². The van der Waals surface area contributed by atoms with Crippen LogP contribution in [-0.2, 0) is 0 Å². The third kappa shape index (κ3) is 3.89. The molecule has 0 aliphatic carbocycles. The van der Waals surface area contributed by atoms with Crippen molar-refractivity contribution in [2.24, 2.45) is 11.7 Å². The molecule has 18 heavy (non-hydrogen) atoms. The minimum Gasteiger partial charge on any atom is -0.493 e. The molecule has 0 saturated heterocycles. The highest BCUT2D eigenvalue weighted by Gasteiger charge is 2.15. The number of nitrogens with two attached hydrogens (primary N) is 1. The zero-order valence-electron chi connectivity index (χ0n) is 11.5. The number of benzene rings is 1. The summed E-state index contributed by atoms with van der Waals surface area (Å²) in [6, 6.07) is 3.87. The van der Waals surface area contributed by atoms with E-state index in [9.17, 15) is 0 Å². The standard InChI is InChI=1S/C14H22BrNO2/c1-9(2)5-6-12(16)10-7-13(17-3)14(18-4)8-11(10)15/h7-9,12H,5-6,16H2,1-4H3. The average molecular weight is 316 g/mol. The van der Waals surface area contributed by atoms with Crippen LogP contribution >= 0.6 is 15.9 Å². The molecule has 1 unspecified atom stereocenters. The van der Waals surface area contributed by atoms with E-state index in [1.165, 1.54) is 0 Å². The van der Waals surface area contributed by atoms with Crippen LogP contribution in [0.4, 0.5) is 0 Å². The fraction of sp³-hybridized carbons (Fsp3) is 0.571. The van der Waals surface area contributed by atoms with Crippen LogP contribution in [0.25, 0.3) is 0 Å². The Morgan fingerprint density at radius 2 is 1.67 bits per heavy atom. The smallest absolute Gasteiger partial charge is 0.161 e. The quantitative estimate of drug-likeness (QED) is 0.865. The van der Waals surface area contributed by atoms with Crippen LogP contribution in [0.3, 0.4) is 0 Å². The van der Waals surface area contributed by atoms with Gasteiger partial charge in [-0.2, -0.15) is 0 Å². The molecule has 0 aliphatic rings. The highest BCUT2D eigenvalue weighted by atomic mass is 79.9. The summed E-state index contributed by atoms with van der Waals surface area (Å²) in [4.78, 5) is 0. The number of rotatable bonds is 6. The second-order valence-electron chi connectivity index (χ2n) is 4.81. The maximum absolute atomic E-state index is 6.23. The van der Waals surface area contributed by atoms with Gasteiger partial charge in [0.15, 0.2) is 11.5 Å². The molecule has 1 aromatic rings. The highest BCUT2D eigenvalue weighted by Crippen LogP contribution is 2.36. The summed E-state index contributed by atoms with van der Waals surface area (Å²) in [6.45, 7) is 4.41. The van der Waals surface area contributed by atoms with Crippen LogP contribution in [0.1, 0.15) is 38.3 Å². The molecule has 0 aromatic heterocycles. The van der Waals surface area contributed by atoms with Crippen LogP contribution in [0.15, 0.2) is 16.6 Å². The first-order valence-electron chi connectivity index (χ1n) is 6.16. The van der Waals surface area contributed by atoms with Gasteiger partial charge in [0.25, 0.3) is 0 Å². The van der Waals surface area contributed by atoms with Gasteiger partial charge in [-0.15, -0.1) is 0 Å². The molecule has 4 heteroatoms. The van der Waals surface area contributed by atoms with Crippen molar-refractivity contribution >= 4 is 15.9 Å². The van der Waals surface area contributed by atoms with Gasteiger partial charge in [-0.05, 0) is 36.5 Å². The van der Waals surface area contributed by atoms with Crippen molar-refractivity contribution in [3.63, 3.8) is 0 Å². The summed E-state index contributed by atoms with van der Waals surface area (Å²) < 4.78 is 11.5. The van der Waals surface area contributed by atoms with Gasteiger partial charge in [0.1, 0.15) is 0 Å². The van der Waals surface area contributed by atoms with Crippen molar-refractivity contribution in [1.29, 1.82) is 0 Å². The zero-order valence-corrected chi connectivity index (χ0v) is 13.1. The van der Waals surface area contributed by atoms with Crippen molar-refractivity contribution in [3.8, 4) is 11.5 Å². The molecular formula is C14H22BrNO2. The Hall–Kier alpha value is -0.740. The van der Waals surface area contributed by atoms with Crippen LogP contribution < -0.4 is 15.2 Å². The third-order valence-electron chi connectivity index (χ3n) is 2.96. The van der Waals surface area contributed by atoms with Gasteiger partial charge in [0, 0.05) is 10.5 Å². The molecule has 0 fully saturated rings. The van der Waals surface area contributed by atoms with Crippen LogP contribution in [-0.4, -0.2) is 14.2 Å². The lowest BCUT2D eigenvalue weighted by Crippen LogP contribution is -2.12. The normalized spacial score (nSPS) is 12.6. The minimum atomic E-state index is 0.0154. The summed E-state index contributed by atoms with van der Waals surface area (Å²) in [6.07, 6.45) is 2.08. The van der Waals surface area contributed by atoms with Gasteiger partial charge < -0.3 is 15.2 Å². The lowest BCUT2D eigenvalue weighted by Gasteiger charge is -2.17. The Bertz CT molecular complexity index is 394. The molecule has 0 amide bonds. The first kappa shape index (κ1) is 15.3. The fourth-order valence-corrected chi connectivity index (χ4v) is 2.44. The van der Waals surface area contributed by atoms with Crippen molar-refractivity contribution in [1.82, 2.24) is 0 Å². The first-order valence-corrected chi connectivity index (χ1v) is 6.95. The van der Waals surface area contributed by atoms with E-state index in [1.54, 1.807) is 14.2 Å². The van der Waals surface area contributed by atoms with Gasteiger partial charge in [-0.25, -0.2) is 0 Å². The Balaban J connectivity index is 2.94. The second kappa shape index (κ2) is 7.00. The molecule has 0 bridgehead atoms. The van der Waals surface area contributed by atoms with Crippen molar-refractivity contribution < 1.29 is 9.47 Å². The molecule has 0 heterocycles. The van der Waals surface area contributed by atoms with E-state index in [0.717, 1.165) is 28.6 Å². The lowest BCUT2D eigenvalue weighted by molar-refractivity contribution is 0.353. The van der Waals surface area contributed by atoms with Crippen LogP contribution in [0.5, 0.6) is 11.5 Å². The van der Waals surface area contributed by atoms with Gasteiger partial charge in [-0.1, -0.05) is 29.8 Å². The second-order valence-corrected chi connectivity index (χ2v) is 5.66. The average Bonchev–Trinajstić information content (AvgIpc) is 2.35. The van der Waals surface area contributed by atoms with Gasteiger partial charge in [-0.3, -0.25) is 0 Å². The molecule has 3 nitrogen and oxygen atoms in total. The Kier molecular flexibility index (Phi) is 5.96. The van der Waals surface area contributed by atoms with Crippen molar-refractivity contribution in [2.45, 2.75) is 32.7 Å². The Labute approximate surface area is 118 Å². The summed E-state index contributed by atoms with van der Waals surface area (Å²) in [5.74, 6) is 2.09. The summed E-state index contributed by atoms with van der Waals surface area (Å²) >= 11 is 3.54. The first-order chi connectivity index (χ1) is 8.49. The monoisotopic (exact) mass is 315 g/mol. The molecule has 1 atom stereocenters. The molecule has 0 spiro atoms. The van der Waals surface area contributed by atoms with Crippen molar-refractivity contribution in [2.75, 3.05) is 14.2 Å². The zero-order chi connectivity index (χ0) is 13.7. The molecule has 0 saturated carbocycles. The maximum atomic E-state index is 6.23. The van der Waals surface area contributed by atoms with E-state index in [2.05, 4.69) is 29.8 Å². The van der Waals surface area contributed by atoms with E-state index in [1.807, 2.05) is 12.1 Å². The number of halogens is 1. The largest absolute Gasteiger partial charge is 0.493 e. The molecule has 2 N–H and O–H groups in total. The number of methoxy groups -OCH3 is 2. The lowest BCUT2D eigenvalue weighted by atomic mass is 9.98. The van der Waals surface area contributed by atoms with E-state index in [4.69, 9.17) is 15.2 Å². The van der Waals surface area contributed by atoms with Gasteiger partial charge in [0.05, 0.1) is 14.2 Å². The molecular weight excluding hydrogens is 294 g/mol. The Morgan fingerprint density at radius 3 is 2.17 bits per heavy atom. The Morgan fingerprint density at radius 1 is 1.11 bits per heavy atom. The summed E-state index contributed by atoms with van der Waals surface area (Å²) in [5.41, 5.74) is 7.30. The number of ether oxygens (including phenoxy) is 2. The van der Waals surface area contributed by atoms with E-state index in [0.29, 0.717) is 11.7 Å². The fourth-order valence-electron chi connectivity index (χ4n) is 1.82. The van der Waals surface area contributed by atoms with Gasteiger partial charge in [0.2, 0.25) is 0 Å². The molecule has 102 valence electrons. The molecule has 0 radical (unpaired) electrons. The number of hydrogen-bond donors (Lipinski definition) is 1. The van der Waals surface area contributed by atoms with Crippen LogP contribution in [0.2, 0.25) is 0 Å². The van der Waals surface area contributed by atoms with Crippen LogP contribution in [0, 0.1) is 5.92 Å². The van der Waals surface area contributed by atoms with E-state index < -0.39 is 0 Å². The predicted molar refractivity (Wildman–Crippen MR) is 78.2 cm³/mol. The van der Waals surface area contributed by atoms with Gasteiger partial charge >= 0.3 is 0 Å². The molecule has 0 aliphatic heterocycles. The van der Waals surface area contributed by atoms with E-state index in [-0.39, 0.29) is 6.04 Å².